The monoisotopic (exact) mass is 392 g/mol. The molecule has 0 bridgehead atoms. The molecule has 3 unspecified atom stereocenters. The molecule has 2 aromatic carbocycles. The Balaban J connectivity index is 1.54. The highest BCUT2D eigenvalue weighted by molar-refractivity contribution is 7.15. The second kappa shape index (κ2) is 8.20. The molecule has 3 aromatic rings. The summed E-state index contributed by atoms with van der Waals surface area (Å²) in [5, 5.41) is 10.1. The van der Waals surface area contributed by atoms with Crippen molar-refractivity contribution in [2.45, 2.75) is 58.3 Å². The molecule has 1 aromatic heterocycles. The van der Waals surface area contributed by atoms with Crippen LogP contribution in [0.2, 0.25) is 0 Å². The fourth-order valence-corrected chi connectivity index (χ4v) is 4.98. The van der Waals surface area contributed by atoms with Gasteiger partial charge in [-0.3, -0.25) is 0 Å². The number of rotatable bonds is 4. The lowest BCUT2D eigenvalue weighted by atomic mass is 9.93. The fourth-order valence-electron chi connectivity index (χ4n) is 3.95. The van der Waals surface area contributed by atoms with Crippen molar-refractivity contribution in [3.8, 4) is 10.4 Å². The number of aliphatic hydroxyl groups is 1. The molecule has 2 heterocycles. The minimum absolute atomic E-state index is 0.00967. The van der Waals surface area contributed by atoms with Crippen LogP contribution in [0.5, 0.6) is 0 Å². The van der Waals surface area contributed by atoms with E-state index in [1.54, 1.807) is 0 Å². The van der Waals surface area contributed by atoms with Crippen LogP contribution < -0.4 is 0 Å². The molecule has 2 nitrogen and oxygen atoms in total. The van der Waals surface area contributed by atoms with Crippen molar-refractivity contribution in [1.82, 2.24) is 0 Å². The normalized spacial score (nSPS) is 22.4. The van der Waals surface area contributed by atoms with Gasteiger partial charge >= 0.3 is 0 Å². The number of benzene rings is 2. The van der Waals surface area contributed by atoms with Crippen LogP contribution in [0.4, 0.5) is 0 Å². The highest BCUT2D eigenvalue weighted by Gasteiger charge is 2.27. The molecule has 1 aliphatic heterocycles. The van der Waals surface area contributed by atoms with Crippen molar-refractivity contribution in [1.29, 1.82) is 0 Å². The Hall–Kier alpha value is -1.94. The van der Waals surface area contributed by atoms with Crippen LogP contribution in [0.25, 0.3) is 10.4 Å². The highest BCUT2D eigenvalue weighted by atomic mass is 32.1. The molecule has 1 fully saturated rings. The third kappa shape index (κ3) is 4.38. The van der Waals surface area contributed by atoms with Crippen LogP contribution in [-0.4, -0.2) is 17.3 Å². The Morgan fingerprint density at radius 1 is 1.00 bits per heavy atom. The molecular weight excluding hydrogens is 364 g/mol. The second-order valence-electron chi connectivity index (χ2n) is 8.06. The summed E-state index contributed by atoms with van der Waals surface area (Å²) in [6.45, 7) is 6.34. The summed E-state index contributed by atoms with van der Waals surface area (Å²) in [6, 6.07) is 19.8. The van der Waals surface area contributed by atoms with Gasteiger partial charge in [0.2, 0.25) is 0 Å². The minimum atomic E-state index is -0.270. The van der Waals surface area contributed by atoms with Crippen molar-refractivity contribution in [3.63, 3.8) is 0 Å². The van der Waals surface area contributed by atoms with E-state index in [2.05, 4.69) is 68.4 Å². The number of aliphatic hydroxyl groups excluding tert-OH is 1. The molecule has 1 N–H and O–H groups in total. The van der Waals surface area contributed by atoms with Gasteiger partial charge in [0.05, 0.1) is 18.3 Å². The van der Waals surface area contributed by atoms with Gasteiger partial charge in [0.15, 0.2) is 0 Å². The van der Waals surface area contributed by atoms with E-state index in [4.69, 9.17) is 4.74 Å². The lowest BCUT2D eigenvalue weighted by Crippen LogP contribution is -2.29. The van der Waals surface area contributed by atoms with Gasteiger partial charge < -0.3 is 9.84 Å². The minimum Gasteiger partial charge on any atom is -0.393 e. The summed E-state index contributed by atoms with van der Waals surface area (Å²) >= 11 is 1.87. The molecule has 0 aliphatic carbocycles. The van der Waals surface area contributed by atoms with E-state index >= 15 is 0 Å². The van der Waals surface area contributed by atoms with Crippen LogP contribution in [-0.2, 0) is 11.2 Å². The van der Waals surface area contributed by atoms with Crippen LogP contribution in [0, 0.1) is 13.8 Å². The molecule has 3 heteroatoms. The smallest absolute Gasteiger partial charge is 0.0853 e. The van der Waals surface area contributed by atoms with Crippen LogP contribution >= 0.6 is 11.3 Å². The largest absolute Gasteiger partial charge is 0.393 e. The maximum absolute atomic E-state index is 10.1. The zero-order valence-electron chi connectivity index (χ0n) is 16.8. The number of ether oxygens (including phenoxy) is 1. The van der Waals surface area contributed by atoms with Crippen molar-refractivity contribution < 1.29 is 9.84 Å². The average molecular weight is 393 g/mol. The summed E-state index contributed by atoms with van der Waals surface area (Å²) < 4.78 is 6.10. The Morgan fingerprint density at radius 2 is 1.79 bits per heavy atom. The summed E-state index contributed by atoms with van der Waals surface area (Å²) in [5.74, 6) is 0. The van der Waals surface area contributed by atoms with E-state index in [-0.39, 0.29) is 18.3 Å². The van der Waals surface area contributed by atoms with E-state index in [0.717, 1.165) is 12.8 Å². The van der Waals surface area contributed by atoms with Crippen molar-refractivity contribution in [2.24, 2.45) is 0 Å². The molecule has 0 radical (unpaired) electrons. The molecule has 28 heavy (non-hydrogen) atoms. The summed E-state index contributed by atoms with van der Waals surface area (Å²) in [6.07, 6.45) is 2.17. The molecule has 1 saturated heterocycles. The maximum atomic E-state index is 10.1. The van der Waals surface area contributed by atoms with Gasteiger partial charge in [0, 0.05) is 22.6 Å². The van der Waals surface area contributed by atoms with E-state index < -0.39 is 0 Å². The quantitative estimate of drug-likeness (QED) is 0.571. The predicted molar refractivity (Wildman–Crippen MR) is 117 cm³/mol. The van der Waals surface area contributed by atoms with Gasteiger partial charge in [-0.2, -0.15) is 0 Å². The molecule has 1 aliphatic rings. The Labute approximate surface area is 171 Å². The molecular formula is C25H28O2S. The number of hydrogen-bond donors (Lipinski definition) is 1. The molecule has 0 spiro atoms. The first-order valence-electron chi connectivity index (χ1n) is 10.1. The van der Waals surface area contributed by atoms with E-state index in [0.29, 0.717) is 6.42 Å². The third-order valence-corrected chi connectivity index (χ3v) is 6.73. The van der Waals surface area contributed by atoms with Gasteiger partial charge in [0.25, 0.3) is 0 Å². The van der Waals surface area contributed by atoms with Gasteiger partial charge in [-0.05, 0) is 61.6 Å². The lowest BCUT2D eigenvalue weighted by molar-refractivity contribution is -0.0895. The topological polar surface area (TPSA) is 29.5 Å². The standard InChI is InChI=1S/C25H28O2S/c1-16-4-7-19(8-5-16)25-11-10-23(28-25)14-21-13-20(9-6-17(21)2)24-15-22(26)12-18(3)27-24/h4-11,13,18,22,24,26H,12,14-15H2,1-3H3. The first-order valence-corrected chi connectivity index (χ1v) is 10.9. The highest BCUT2D eigenvalue weighted by Crippen LogP contribution is 2.34. The predicted octanol–water partition coefficient (Wildman–Crippen LogP) is 6.22. The lowest BCUT2D eigenvalue weighted by Gasteiger charge is -2.32. The molecule has 146 valence electrons. The summed E-state index contributed by atoms with van der Waals surface area (Å²) in [4.78, 5) is 2.69. The molecule has 4 rings (SSSR count). The Morgan fingerprint density at radius 3 is 2.54 bits per heavy atom. The SMILES string of the molecule is Cc1ccc(-c2ccc(Cc3cc(C4CC(O)CC(C)O4)ccc3C)s2)cc1. The van der Waals surface area contributed by atoms with Crippen LogP contribution in [0.1, 0.15) is 53.0 Å². The maximum Gasteiger partial charge on any atom is 0.0853 e. The van der Waals surface area contributed by atoms with Gasteiger partial charge in [-0.1, -0.05) is 48.0 Å². The number of aryl methyl sites for hydroxylation is 2. The molecule has 0 saturated carbocycles. The van der Waals surface area contributed by atoms with Gasteiger partial charge in [0.1, 0.15) is 0 Å². The average Bonchev–Trinajstić information content (AvgIpc) is 3.12. The number of thiophene rings is 1. The number of hydrogen-bond acceptors (Lipinski definition) is 3. The third-order valence-electron chi connectivity index (χ3n) is 5.59. The van der Waals surface area contributed by atoms with Crippen molar-refractivity contribution in [3.05, 3.63) is 81.7 Å². The zero-order valence-corrected chi connectivity index (χ0v) is 17.6. The Bertz CT molecular complexity index is 931. The Kier molecular flexibility index (Phi) is 5.68. The second-order valence-corrected chi connectivity index (χ2v) is 9.22. The summed E-state index contributed by atoms with van der Waals surface area (Å²) in [7, 11) is 0. The van der Waals surface area contributed by atoms with E-state index in [9.17, 15) is 5.11 Å². The fraction of sp³-hybridized carbons (Fsp3) is 0.360. The first-order chi connectivity index (χ1) is 13.5. The van der Waals surface area contributed by atoms with Crippen molar-refractivity contribution >= 4 is 11.3 Å². The molecule has 0 amide bonds. The summed E-state index contributed by atoms with van der Waals surface area (Å²) in [5.41, 5.74) is 6.40. The van der Waals surface area contributed by atoms with Crippen LogP contribution in [0.15, 0.2) is 54.6 Å². The zero-order chi connectivity index (χ0) is 19.7. The molecule has 3 atom stereocenters. The van der Waals surface area contributed by atoms with E-state index in [1.165, 1.54) is 37.6 Å². The van der Waals surface area contributed by atoms with Crippen LogP contribution in [0.3, 0.4) is 0 Å². The van der Waals surface area contributed by atoms with Crippen molar-refractivity contribution in [2.75, 3.05) is 0 Å². The van der Waals surface area contributed by atoms with E-state index in [1.807, 2.05) is 18.3 Å². The van der Waals surface area contributed by atoms with Gasteiger partial charge in [-0.25, -0.2) is 0 Å². The van der Waals surface area contributed by atoms with Gasteiger partial charge in [-0.15, -0.1) is 11.3 Å². The first kappa shape index (κ1) is 19.4.